The maximum atomic E-state index is 13.0. The number of benzene rings is 2. The van der Waals surface area contributed by atoms with E-state index in [9.17, 15) is 9.59 Å². The molecule has 0 amide bonds. The van der Waals surface area contributed by atoms with Gasteiger partial charge in [0.05, 0.1) is 23.2 Å². The summed E-state index contributed by atoms with van der Waals surface area (Å²) in [5.41, 5.74) is 0.962. The molecule has 0 unspecified atom stereocenters. The molecule has 27 heavy (non-hydrogen) atoms. The first-order valence-electron chi connectivity index (χ1n) is 8.72. The minimum atomic E-state index is -0.543. The lowest BCUT2D eigenvalue weighted by Gasteiger charge is -2.19. The molecule has 5 nitrogen and oxygen atoms in total. The highest BCUT2D eigenvalue weighted by atomic mass is 32.2. The molecule has 0 aliphatic rings. The fourth-order valence-corrected chi connectivity index (χ4v) is 3.43. The average molecular weight is 382 g/mol. The van der Waals surface area contributed by atoms with Crippen LogP contribution in [0.15, 0.2) is 64.5 Å². The van der Waals surface area contributed by atoms with Crippen molar-refractivity contribution in [2.24, 2.45) is 0 Å². The van der Waals surface area contributed by atoms with Gasteiger partial charge in [-0.15, -0.1) is 0 Å². The average Bonchev–Trinajstić information content (AvgIpc) is 2.62. The van der Waals surface area contributed by atoms with Crippen LogP contribution in [0.3, 0.4) is 0 Å². The Hall–Kier alpha value is -2.60. The summed E-state index contributed by atoms with van der Waals surface area (Å²) in [6, 6.07) is 17.0. The molecule has 0 saturated carbocycles. The van der Waals surface area contributed by atoms with Crippen LogP contribution in [0, 0.1) is 0 Å². The van der Waals surface area contributed by atoms with Crippen molar-refractivity contribution >= 4 is 28.6 Å². The molecular formula is C21H22N2O3S. The summed E-state index contributed by atoms with van der Waals surface area (Å²) in [4.78, 5) is 29.7. The number of carbonyl (C=O) groups excluding carboxylic acids is 1. The van der Waals surface area contributed by atoms with Crippen LogP contribution in [0.2, 0.25) is 0 Å². The van der Waals surface area contributed by atoms with Gasteiger partial charge in [0.2, 0.25) is 0 Å². The minimum Gasteiger partial charge on any atom is -0.459 e. The maximum Gasteiger partial charge on any atom is 0.316 e. The molecular weight excluding hydrogens is 360 g/mol. The third-order valence-corrected chi connectivity index (χ3v) is 4.70. The predicted molar refractivity (Wildman–Crippen MR) is 108 cm³/mol. The SMILES string of the molecule is CC(C)(C)OC(=O)CSc1nc2ccccc2c(=O)n1Cc1ccccc1. The van der Waals surface area contributed by atoms with Crippen LogP contribution >= 0.6 is 11.8 Å². The lowest BCUT2D eigenvalue weighted by atomic mass is 10.2. The standard InChI is InChI=1S/C21H22N2O3S/c1-21(2,3)26-18(24)14-27-20-22-17-12-8-7-11-16(17)19(25)23(20)13-15-9-5-4-6-10-15/h4-12H,13-14H2,1-3H3. The lowest BCUT2D eigenvalue weighted by molar-refractivity contribution is -0.151. The van der Waals surface area contributed by atoms with E-state index in [2.05, 4.69) is 4.98 Å². The number of thioether (sulfide) groups is 1. The molecule has 0 spiro atoms. The van der Waals surface area contributed by atoms with Crippen LogP contribution in [0.1, 0.15) is 26.3 Å². The number of aromatic nitrogens is 2. The zero-order valence-electron chi connectivity index (χ0n) is 15.6. The number of fused-ring (bicyclic) bond motifs is 1. The molecule has 2 aromatic carbocycles. The summed E-state index contributed by atoms with van der Waals surface area (Å²) >= 11 is 1.22. The summed E-state index contributed by atoms with van der Waals surface area (Å²) in [6.07, 6.45) is 0. The number of hydrogen-bond acceptors (Lipinski definition) is 5. The molecule has 1 heterocycles. The molecule has 6 heteroatoms. The Labute approximate surface area is 162 Å². The van der Waals surface area contributed by atoms with Crippen molar-refractivity contribution in [1.82, 2.24) is 9.55 Å². The number of rotatable bonds is 5. The first-order valence-corrected chi connectivity index (χ1v) is 9.70. The maximum absolute atomic E-state index is 13.0. The van der Waals surface area contributed by atoms with Gasteiger partial charge in [-0.1, -0.05) is 54.2 Å². The summed E-state index contributed by atoms with van der Waals surface area (Å²) in [7, 11) is 0. The normalized spacial score (nSPS) is 11.5. The highest BCUT2D eigenvalue weighted by Gasteiger charge is 2.18. The second-order valence-corrected chi connectivity index (χ2v) is 8.11. The second-order valence-electron chi connectivity index (χ2n) is 7.16. The topological polar surface area (TPSA) is 61.2 Å². The molecule has 0 N–H and O–H groups in total. The van der Waals surface area contributed by atoms with Crippen molar-refractivity contribution in [1.29, 1.82) is 0 Å². The summed E-state index contributed by atoms with van der Waals surface area (Å²) in [5.74, 6) is -0.238. The van der Waals surface area contributed by atoms with E-state index in [1.54, 1.807) is 16.7 Å². The predicted octanol–water partition coefficient (Wildman–Crippen LogP) is 3.88. The van der Waals surface area contributed by atoms with E-state index in [0.717, 1.165) is 5.56 Å². The largest absolute Gasteiger partial charge is 0.459 e. The fraction of sp³-hybridized carbons (Fsp3) is 0.286. The fourth-order valence-electron chi connectivity index (χ4n) is 2.66. The zero-order chi connectivity index (χ0) is 19.4. The molecule has 140 valence electrons. The first kappa shape index (κ1) is 19.2. The van der Waals surface area contributed by atoms with Gasteiger partial charge in [0, 0.05) is 0 Å². The summed E-state index contributed by atoms with van der Waals surface area (Å²) in [5, 5.41) is 1.07. The molecule has 0 bridgehead atoms. The van der Waals surface area contributed by atoms with E-state index < -0.39 is 5.60 Å². The Kier molecular flexibility index (Phi) is 5.65. The minimum absolute atomic E-state index is 0.0941. The number of hydrogen-bond donors (Lipinski definition) is 0. The van der Waals surface area contributed by atoms with Crippen LogP contribution in [0.4, 0.5) is 0 Å². The van der Waals surface area contributed by atoms with Gasteiger partial charge in [0.1, 0.15) is 5.60 Å². The van der Waals surface area contributed by atoms with Gasteiger partial charge in [-0.2, -0.15) is 0 Å². The third-order valence-electron chi connectivity index (χ3n) is 3.75. The number of nitrogens with zero attached hydrogens (tertiary/aromatic N) is 2. The number of esters is 1. The molecule has 3 rings (SSSR count). The Morgan fingerprint density at radius 3 is 2.44 bits per heavy atom. The van der Waals surface area contributed by atoms with E-state index in [1.807, 2.05) is 63.2 Å². The highest BCUT2D eigenvalue weighted by molar-refractivity contribution is 7.99. The van der Waals surface area contributed by atoms with Crippen molar-refractivity contribution in [3.8, 4) is 0 Å². The highest BCUT2D eigenvalue weighted by Crippen LogP contribution is 2.20. The van der Waals surface area contributed by atoms with E-state index in [4.69, 9.17) is 4.74 Å². The molecule has 0 atom stereocenters. The van der Waals surface area contributed by atoms with E-state index >= 15 is 0 Å². The van der Waals surface area contributed by atoms with Gasteiger partial charge in [-0.25, -0.2) is 4.98 Å². The van der Waals surface area contributed by atoms with Crippen molar-refractivity contribution in [3.05, 3.63) is 70.5 Å². The molecule has 3 aromatic rings. The number of carbonyl (C=O) groups is 1. The molecule has 0 aliphatic carbocycles. The van der Waals surface area contributed by atoms with Crippen molar-refractivity contribution in [3.63, 3.8) is 0 Å². The monoisotopic (exact) mass is 382 g/mol. The molecule has 0 aliphatic heterocycles. The number of ether oxygens (including phenoxy) is 1. The van der Waals surface area contributed by atoms with E-state index in [1.165, 1.54) is 11.8 Å². The molecule has 1 aromatic heterocycles. The molecule has 0 saturated heterocycles. The quantitative estimate of drug-likeness (QED) is 0.381. The van der Waals surface area contributed by atoms with Gasteiger partial charge in [0.25, 0.3) is 5.56 Å². The van der Waals surface area contributed by atoms with Crippen LogP contribution in [-0.4, -0.2) is 26.9 Å². The van der Waals surface area contributed by atoms with Crippen LogP contribution in [0.5, 0.6) is 0 Å². The van der Waals surface area contributed by atoms with Gasteiger partial charge >= 0.3 is 5.97 Å². The van der Waals surface area contributed by atoms with Gasteiger partial charge in [-0.3, -0.25) is 14.2 Å². The van der Waals surface area contributed by atoms with Crippen LogP contribution in [0.25, 0.3) is 10.9 Å². The van der Waals surface area contributed by atoms with Crippen LogP contribution in [-0.2, 0) is 16.1 Å². The van der Waals surface area contributed by atoms with Gasteiger partial charge in [0.15, 0.2) is 5.16 Å². The Morgan fingerprint density at radius 2 is 1.74 bits per heavy atom. The molecule has 0 fully saturated rings. The van der Waals surface area contributed by atoms with Gasteiger partial charge < -0.3 is 4.74 Å². The summed E-state index contributed by atoms with van der Waals surface area (Å²) < 4.78 is 6.98. The van der Waals surface area contributed by atoms with Crippen LogP contribution < -0.4 is 5.56 Å². The summed E-state index contributed by atoms with van der Waals surface area (Å²) in [6.45, 7) is 5.88. The third kappa shape index (κ3) is 4.98. The zero-order valence-corrected chi connectivity index (χ0v) is 16.5. The first-order chi connectivity index (χ1) is 12.8. The van der Waals surface area contributed by atoms with Gasteiger partial charge in [-0.05, 0) is 38.5 Å². The Morgan fingerprint density at radius 1 is 1.07 bits per heavy atom. The van der Waals surface area contributed by atoms with Crippen molar-refractivity contribution in [2.75, 3.05) is 5.75 Å². The lowest BCUT2D eigenvalue weighted by Crippen LogP contribution is -2.26. The van der Waals surface area contributed by atoms with E-state index in [0.29, 0.717) is 22.6 Å². The molecule has 0 radical (unpaired) electrons. The van der Waals surface area contributed by atoms with Crippen molar-refractivity contribution in [2.45, 2.75) is 38.1 Å². The Balaban J connectivity index is 1.95. The van der Waals surface area contributed by atoms with E-state index in [-0.39, 0.29) is 17.3 Å². The number of para-hydroxylation sites is 1. The second kappa shape index (κ2) is 7.96. The smallest absolute Gasteiger partial charge is 0.316 e. The Bertz CT molecular complexity index is 1010. The van der Waals surface area contributed by atoms with Crippen molar-refractivity contribution < 1.29 is 9.53 Å².